The Kier molecular flexibility index (Phi) is 12.4. The zero-order valence-corrected chi connectivity index (χ0v) is 18.3. The molecule has 6 nitrogen and oxygen atoms in total. The van der Waals surface area contributed by atoms with Gasteiger partial charge in [-0.1, -0.05) is 43.7 Å². The summed E-state index contributed by atoms with van der Waals surface area (Å²) in [4.78, 5) is 7.07. The topological polar surface area (TPSA) is 55.3 Å². The zero-order chi connectivity index (χ0) is 20.6. The lowest BCUT2D eigenvalue weighted by atomic mass is 10.1. The van der Waals surface area contributed by atoms with Gasteiger partial charge in [-0.05, 0) is 25.3 Å². The van der Waals surface area contributed by atoms with Crippen molar-refractivity contribution in [1.29, 1.82) is 0 Å². The van der Waals surface area contributed by atoms with Crippen LogP contribution in [0.5, 0.6) is 0 Å². The molecule has 1 aromatic carbocycles. The number of benzene rings is 1. The van der Waals surface area contributed by atoms with Crippen LogP contribution in [-0.2, 0) is 20.8 Å². The van der Waals surface area contributed by atoms with Gasteiger partial charge in [-0.15, -0.1) is 0 Å². The molecule has 0 aromatic heterocycles. The predicted molar refractivity (Wildman–Crippen MR) is 118 cm³/mol. The first kappa shape index (κ1) is 23.6. The molecular weight excluding hydrogens is 366 g/mol. The summed E-state index contributed by atoms with van der Waals surface area (Å²) in [6.07, 6.45) is 3.43. The summed E-state index contributed by atoms with van der Waals surface area (Å²) in [6.45, 7) is 12.1. The molecule has 1 saturated heterocycles. The number of hydrogen-bond acceptors (Lipinski definition) is 4. The average molecular weight is 406 g/mol. The van der Waals surface area contributed by atoms with Crippen molar-refractivity contribution in [2.24, 2.45) is 10.9 Å². The monoisotopic (exact) mass is 405 g/mol. The molecular formula is C23H39N3O3. The first-order valence-electron chi connectivity index (χ1n) is 11.1. The maximum atomic E-state index is 5.93. The maximum Gasteiger partial charge on any atom is 0.194 e. The van der Waals surface area contributed by atoms with E-state index in [1.165, 1.54) is 12.0 Å². The summed E-state index contributed by atoms with van der Waals surface area (Å²) in [5.41, 5.74) is 1.23. The highest BCUT2D eigenvalue weighted by molar-refractivity contribution is 5.80. The van der Waals surface area contributed by atoms with E-state index in [-0.39, 0.29) is 0 Å². The first-order chi connectivity index (χ1) is 14.3. The van der Waals surface area contributed by atoms with Gasteiger partial charge in [-0.2, -0.15) is 0 Å². The zero-order valence-electron chi connectivity index (χ0n) is 18.3. The third-order valence-corrected chi connectivity index (χ3v) is 4.90. The molecule has 1 N–H and O–H groups in total. The Balaban J connectivity index is 1.61. The van der Waals surface area contributed by atoms with Crippen molar-refractivity contribution < 1.29 is 14.2 Å². The summed E-state index contributed by atoms with van der Waals surface area (Å²) < 4.78 is 17.1. The second-order valence-corrected chi connectivity index (χ2v) is 7.42. The smallest absolute Gasteiger partial charge is 0.194 e. The van der Waals surface area contributed by atoms with Gasteiger partial charge in [0, 0.05) is 32.2 Å². The van der Waals surface area contributed by atoms with Crippen molar-refractivity contribution >= 4 is 5.96 Å². The van der Waals surface area contributed by atoms with Crippen molar-refractivity contribution in [2.45, 2.75) is 39.7 Å². The van der Waals surface area contributed by atoms with Gasteiger partial charge in [0.15, 0.2) is 5.96 Å². The average Bonchev–Trinajstić information content (AvgIpc) is 3.21. The maximum absolute atomic E-state index is 5.93. The molecule has 0 amide bonds. The van der Waals surface area contributed by atoms with Crippen LogP contribution in [-0.4, -0.2) is 70.1 Å². The van der Waals surface area contributed by atoms with Crippen molar-refractivity contribution in [2.75, 3.05) is 59.2 Å². The Morgan fingerprint density at radius 3 is 2.62 bits per heavy atom. The van der Waals surface area contributed by atoms with Crippen LogP contribution in [0.15, 0.2) is 35.3 Å². The van der Waals surface area contributed by atoms with Gasteiger partial charge in [0.1, 0.15) is 0 Å². The minimum Gasteiger partial charge on any atom is -0.379 e. The van der Waals surface area contributed by atoms with E-state index >= 15 is 0 Å². The lowest BCUT2D eigenvalue weighted by Gasteiger charge is -2.21. The molecule has 1 aliphatic rings. The van der Waals surface area contributed by atoms with Crippen LogP contribution in [0, 0.1) is 5.92 Å². The van der Waals surface area contributed by atoms with Gasteiger partial charge in [0.05, 0.1) is 39.6 Å². The summed E-state index contributed by atoms with van der Waals surface area (Å²) in [5, 5.41) is 3.41. The highest BCUT2D eigenvalue weighted by Crippen LogP contribution is 2.17. The van der Waals surface area contributed by atoms with E-state index < -0.39 is 0 Å². The molecule has 29 heavy (non-hydrogen) atoms. The molecule has 0 spiro atoms. The molecule has 6 heteroatoms. The van der Waals surface area contributed by atoms with Crippen molar-refractivity contribution in [1.82, 2.24) is 10.2 Å². The highest BCUT2D eigenvalue weighted by Gasteiger charge is 2.24. The molecule has 0 radical (unpaired) electrons. The Morgan fingerprint density at radius 2 is 1.86 bits per heavy atom. The molecule has 1 fully saturated rings. The standard InChI is InChI=1S/C23H39N3O3/c1-3-5-14-27-16-17-28-15-12-25-23(24-4-2)26-13-11-22(18-26)20-29-19-21-9-7-6-8-10-21/h6-10,22H,3-5,11-20H2,1-2H3,(H,24,25). The number of aliphatic imine (C=N–C) groups is 1. The van der Waals surface area contributed by atoms with Crippen LogP contribution in [0.1, 0.15) is 38.7 Å². The van der Waals surface area contributed by atoms with Crippen LogP contribution in [0.3, 0.4) is 0 Å². The summed E-state index contributed by atoms with van der Waals surface area (Å²) in [5.74, 6) is 1.54. The second-order valence-electron chi connectivity index (χ2n) is 7.42. The normalized spacial score (nSPS) is 17.1. The van der Waals surface area contributed by atoms with E-state index in [0.29, 0.717) is 38.9 Å². The first-order valence-corrected chi connectivity index (χ1v) is 11.1. The van der Waals surface area contributed by atoms with Crippen LogP contribution in [0.4, 0.5) is 0 Å². The van der Waals surface area contributed by atoms with E-state index in [2.05, 4.69) is 48.3 Å². The second kappa shape index (κ2) is 15.2. The third kappa shape index (κ3) is 10.1. The Morgan fingerprint density at radius 1 is 1.07 bits per heavy atom. The number of unbranched alkanes of at least 4 members (excludes halogenated alkanes) is 1. The van der Waals surface area contributed by atoms with Crippen LogP contribution < -0.4 is 5.32 Å². The van der Waals surface area contributed by atoms with Crippen LogP contribution in [0.2, 0.25) is 0 Å². The fourth-order valence-corrected chi connectivity index (χ4v) is 3.29. The van der Waals surface area contributed by atoms with E-state index in [1.54, 1.807) is 0 Å². The molecule has 0 bridgehead atoms. The number of ether oxygens (including phenoxy) is 3. The minimum absolute atomic E-state index is 0.555. The van der Waals surface area contributed by atoms with Gasteiger partial charge in [0.2, 0.25) is 0 Å². The molecule has 164 valence electrons. The minimum atomic E-state index is 0.555. The summed E-state index contributed by atoms with van der Waals surface area (Å²) in [7, 11) is 0. The van der Waals surface area contributed by atoms with Crippen LogP contribution >= 0.6 is 0 Å². The molecule has 0 saturated carbocycles. The van der Waals surface area contributed by atoms with Crippen molar-refractivity contribution in [3.63, 3.8) is 0 Å². The Bertz CT molecular complexity index is 554. The fourth-order valence-electron chi connectivity index (χ4n) is 3.29. The van der Waals surface area contributed by atoms with E-state index in [4.69, 9.17) is 19.2 Å². The molecule has 1 atom stereocenters. The molecule has 1 heterocycles. The SMILES string of the molecule is CCCCOCCOCCN=C(NCC)N1CCC(COCc2ccccc2)C1. The van der Waals surface area contributed by atoms with Gasteiger partial charge < -0.3 is 24.4 Å². The van der Waals surface area contributed by atoms with Gasteiger partial charge >= 0.3 is 0 Å². The molecule has 1 aliphatic heterocycles. The molecule has 0 aliphatic carbocycles. The number of guanidine groups is 1. The molecule has 2 rings (SSSR count). The quantitative estimate of drug-likeness (QED) is 0.292. The number of nitrogens with zero attached hydrogens (tertiary/aromatic N) is 2. The van der Waals surface area contributed by atoms with Crippen molar-refractivity contribution in [3.8, 4) is 0 Å². The molecule has 1 aromatic rings. The van der Waals surface area contributed by atoms with Gasteiger partial charge in [-0.25, -0.2) is 0 Å². The number of rotatable bonds is 14. The number of likely N-dealkylation sites (tertiary alicyclic amines) is 1. The predicted octanol–water partition coefficient (Wildman–Crippen LogP) is 3.32. The van der Waals surface area contributed by atoms with E-state index in [1.807, 2.05) is 6.07 Å². The van der Waals surface area contributed by atoms with Gasteiger partial charge in [0.25, 0.3) is 0 Å². The van der Waals surface area contributed by atoms with Crippen LogP contribution in [0.25, 0.3) is 0 Å². The van der Waals surface area contributed by atoms with Gasteiger partial charge in [-0.3, -0.25) is 4.99 Å². The Hall–Kier alpha value is -1.63. The van der Waals surface area contributed by atoms with Crippen molar-refractivity contribution in [3.05, 3.63) is 35.9 Å². The fraction of sp³-hybridized carbons (Fsp3) is 0.696. The number of nitrogens with one attached hydrogen (secondary N) is 1. The Labute approximate surface area is 176 Å². The summed E-state index contributed by atoms with van der Waals surface area (Å²) in [6, 6.07) is 10.4. The van der Waals surface area contributed by atoms with E-state index in [0.717, 1.165) is 51.6 Å². The lowest BCUT2D eigenvalue weighted by molar-refractivity contribution is 0.0497. The largest absolute Gasteiger partial charge is 0.379 e. The highest BCUT2D eigenvalue weighted by atomic mass is 16.5. The summed E-state index contributed by atoms with van der Waals surface area (Å²) >= 11 is 0. The lowest BCUT2D eigenvalue weighted by Crippen LogP contribution is -2.40. The van der Waals surface area contributed by atoms with E-state index in [9.17, 15) is 0 Å². The third-order valence-electron chi connectivity index (χ3n) is 4.90. The number of hydrogen-bond donors (Lipinski definition) is 1. The molecule has 1 unspecified atom stereocenters.